The maximum absolute atomic E-state index is 11.8. The number of piperidine rings is 1. The van der Waals surface area contributed by atoms with Gasteiger partial charge in [0.15, 0.2) is 0 Å². The van der Waals surface area contributed by atoms with Crippen molar-refractivity contribution in [2.24, 2.45) is 5.92 Å². The molecule has 1 aromatic rings. The first-order valence-corrected chi connectivity index (χ1v) is 6.68. The molecule has 0 spiro atoms. The van der Waals surface area contributed by atoms with Crippen LogP contribution < -0.4 is 10.1 Å². The Kier molecular flexibility index (Phi) is 4.80. The Bertz CT molecular complexity index is 433. The first-order chi connectivity index (χ1) is 9.24. The highest BCUT2D eigenvalue weighted by molar-refractivity contribution is 5.73. The van der Waals surface area contributed by atoms with Gasteiger partial charge in [-0.15, -0.1) is 0 Å². The molecule has 1 aromatic carbocycles. The van der Waals surface area contributed by atoms with Crippen molar-refractivity contribution in [2.75, 3.05) is 20.8 Å². The van der Waals surface area contributed by atoms with Crippen LogP contribution in [0.3, 0.4) is 0 Å². The van der Waals surface area contributed by atoms with Crippen molar-refractivity contribution < 1.29 is 14.3 Å². The topological polar surface area (TPSA) is 47.6 Å². The molecule has 1 saturated heterocycles. The molecule has 0 amide bonds. The van der Waals surface area contributed by atoms with E-state index in [1.807, 2.05) is 18.2 Å². The van der Waals surface area contributed by atoms with E-state index in [4.69, 9.17) is 9.47 Å². The number of nitrogens with one attached hydrogen (secondary N) is 1. The van der Waals surface area contributed by atoms with E-state index in [0.717, 1.165) is 31.6 Å². The summed E-state index contributed by atoms with van der Waals surface area (Å²) < 4.78 is 10.1. The first-order valence-electron chi connectivity index (χ1n) is 6.68. The van der Waals surface area contributed by atoms with Gasteiger partial charge in [-0.2, -0.15) is 0 Å². The number of ether oxygens (including phenoxy) is 2. The van der Waals surface area contributed by atoms with E-state index in [1.54, 1.807) is 7.11 Å². The molecule has 0 saturated carbocycles. The van der Waals surface area contributed by atoms with Crippen LogP contribution in [0.2, 0.25) is 0 Å². The highest BCUT2D eigenvalue weighted by Gasteiger charge is 2.31. The Morgan fingerprint density at radius 3 is 3.00 bits per heavy atom. The number of hydrogen-bond acceptors (Lipinski definition) is 4. The van der Waals surface area contributed by atoms with Crippen molar-refractivity contribution in [1.29, 1.82) is 0 Å². The highest BCUT2D eigenvalue weighted by Crippen LogP contribution is 2.22. The van der Waals surface area contributed by atoms with Crippen molar-refractivity contribution >= 4 is 5.97 Å². The summed E-state index contributed by atoms with van der Waals surface area (Å²) in [5, 5.41) is 3.43. The molecule has 1 aliphatic heterocycles. The maximum Gasteiger partial charge on any atom is 0.310 e. The van der Waals surface area contributed by atoms with Crippen LogP contribution >= 0.6 is 0 Å². The standard InChI is InChI=1S/C15H21NO3/c1-18-12-6-3-5-11(9-12)10-14-13(15(17)19-2)7-4-8-16-14/h3,5-6,9,13-14,16H,4,7-8,10H2,1-2H3. The fraction of sp³-hybridized carbons (Fsp3) is 0.533. The van der Waals surface area contributed by atoms with Crippen molar-refractivity contribution in [2.45, 2.75) is 25.3 Å². The summed E-state index contributed by atoms with van der Waals surface area (Å²) in [6.45, 7) is 0.960. The third-order valence-corrected chi connectivity index (χ3v) is 3.68. The zero-order valence-corrected chi connectivity index (χ0v) is 11.5. The van der Waals surface area contributed by atoms with Crippen LogP contribution in [0.15, 0.2) is 24.3 Å². The largest absolute Gasteiger partial charge is 0.497 e. The summed E-state index contributed by atoms with van der Waals surface area (Å²) in [5.74, 6) is 0.688. The Labute approximate surface area is 114 Å². The fourth-order valence-corrected chi connectivity index (χ4v) is 2.65. The Hall–Kier alpha value is -1.55. The summed E-state index contributed by atoms with van der Waals surface area (Å²) in [5.41, 5.74) is 1.17. The van der Waals surface area contributed by atoms with Crippen LogP contribution in [0.5, 0.6) is 5.75 Å². The van der Waals surface area contributed by atoms with E-state index in [0.29, 0.717) is 0 Å². The monoisotopic (exact) mass is 263 g/mol. The van der Waals surface area contributed by atoms with Crippen LogP contribution in [0, 0.1) is 5.92 Å². The summed E-state index contributed by atoms with van der Waals surface area (Å²) >= 11 is 0. The zero-order valence-electron chi connectivity index (χ0n) is 11.5. The lowest BCUT2D eigenvalue weighted by molar-refractivity contribution is -0.147. The number of esters is 1. The van der Waals surface area contributed by atoms with E-state index in [9.17, 15) is 4.79 Å². The molecule has 0 aromatic heterocycles. The number of carbonyl (C=O) groups is 1. The first kappa shape index (κ1) is 13.9. The predicted octanol–water partition coefficient (Wildman–Crippen LogP) is 1.78. The predicted molar refractivity (Wildman–Crippen MR) is 73.2 cm³/mol. The normalized spacial score (nSPS) is 22.8. The molecule has 4 heteroatoms. The number of rotatable bonds is 4. The molecular weight excluding hydrogens is 242 g/mol. The molecule has 4 nitrogen and oxygen atoms in total. The van der Waals surface area contributed by atoms with Gasteiger partial charge in [-0.3, -0.25) is 4.79 Å². The molecular formula is C15H21NO3. The van der Waals surface area contributed by atoms with Crippen LogP contribution in [0.25, 0.3) is 0 Å². The zero-order chi connectivity index (χ0) is 13.7. The van der Waals surface area contributed by atoms with Gasteiger partial charge in [0.2, 0.25) is 0 Å². The lowest BCUT2D eigenvalue weighted by atomic mass is 9.87. The lowest BCUT2D eigenvalue weighted by Crippen LogP contribution is -2.46. The average molecular weight is 263 g/mol. The molecule has 1 heterocycles. The van der Waals surface area contributed by atoms with Gasteiger partial charge in [0.05, 0.1) is 20.1 Å². The Morgan fingerprint density at radius 1 is 1.42 bits per heavy atom. The van der Waals surface area contributed by atoms with Crippen molar-refractivity contribution in [3.63, 3.8) is 0 Å². The fourth-order valence-electron chi connectivity index (χ4n) is 2.65. The summed E-state index contributed by atoms with van der Waals surface area (Å²) in [6.07, 6.45) is 2.74. The molecule has 1 aliphatic rings. The summed E-state index contributed by atoms with van der Waals surface area (Å²) in [7, 11) is 3.12. The van der Waals surface area contributed by atoms with Gasteiger partial charge >= 0.3 is 5.97 Å². The molecule has 104 valence electrons. The average Bonchev–Trinajstić information content (AvgIpc) is 2.47. The van der Waals surface area contributed by atoms with E-state index in [1.165, 1.54) is 12.7 Å². The van der Waals surface area contributed by atoms with Gasteiger partial charge in [0.25, 0.3) is 0 Å². The van der Waals surface area contributed by atoms with Gasteiger partial charge in [0, 0.05) is 6.04 Å². The second kappa shape index (κ2) is 6.57. The Balaban J connectivity index is 2.08. The second-order valence-electron chi connectivity index (χ2n) is 4.89. The number of hydrogen-bond donors (Lipinski definition) is 1. The molecule has 0 bridgehead atoms. The van der Waals surface area contributed by atoms with E-state index in [2.05, 4.69) is 11.4 Å². The van der Waals surface area contributed by atoms with Gasteiger partial charge in [-0.25, -0.2) is 0 Å². The van der Waals surface area contributed by atoms with E-state index < -0.39 is 0 Å². The van der Waals surface area contributed by atoms with Gasteiger partial charge in [-0.1, -0.05) is 12.1 Å². The second-order valence-corrected chi connectivity index (χ2v) is 4.89. The minimum Gasteiger partial charge on any atom is -0.497 e. The Morgan fingerprint density at radius 2 is 2.26 bits per heavy atom. The van der Waals surface area contributed by atoms with Crippen LogP contribution in [-0.2, 0) is 16.0 Å². The third kappa shape index (κ3) is 3.47. The van der Waals surface area contributed by atoms with Gasteiger partial charge in [-0.05, 0) is 43.5 Å². The quantitative estimate of drug-likeness (QED) is 0.841. The molecule has 2 rings (SSSR count). The molecule has 2 atom stereocenters. The molecule has 0 aliphatic carbocycles. The van der Waals surface area contributed by atoms with Gasteiger partial charge in [0.1, 0.15) is 5.75 Å². The molecule has 1 N–H and O–H groups in total. The minimum atomic E-state index is -0.111. The molecule has 1 fully saturated rings. The number of benzene rings is 1. The van der Waals surface area contributed by atoms with Crippen LogP contribution in [0.4, 0.5) is 0 Å². The van der Waals surface area contributed by atoms with Crippen molar-refractivity contribution in [3.8, 4) is 5.75 Å². The van der Waals surface area contributed by atoms with E-state index >= 15 is 0 Å². The highest BCUT2D eigenvalue weighted by atomic mass is 16.5. The van der Waals surface area contributed by atoms with Crippen molar-refractivity contribution in [3.05, 3.63) is 29.8 Å². The smallest absolute Gasteiger partial charge is 0.310 e. The number of carbonyl (C=O) groups excluding carboxylic acids is 1. The molecule has 19 heavy (non-hydrogen) atoms. The molecule has 2 unspecified atom stereocenters. The van der Waals surface area contributed by atoms with Gasteiger partial charge < -0.3 is 14.8 Å². The van der Waals surface area contributed by atoms with Crippen molar-refractivity contribution in [1.82, 2.24) is 5.32 Å². The SMILES string of the molecule is COC(=O)C1CCCNC1Cc1cccc(OC)c1. The maximum atomic E-state index is 11.8. The number of methoxy groups -OCH3 is 2. The van der Waals surface area contributed by atoms with E-state index in [-0.39, 0.29) is 17.9 Å². The summed E-state index contributed by atoms with van der Waals surface area (Å²) in [6, 6.07) is 8.13. The van der Waals surface area contributed by atoms with Crippen LogP contribution in [-0.4, -0.2) is 32.8 Å². The minimum absolute atomic E-state index is 0.0510. The summed E-state index contributed by atoms with van der Waals surface area (Å²) in [4.78, 5) is 11.8. The third-order valence-electron chi connectivity index (χ3n) is 3.68. The molecule has 0 radical (unpaired) electrons. The lowest BCUT2D eigenvalue weighted by Gasteiger charge is -2.30. The van der Waals surface area contributed by atoms with Crippen LogP contribution in [0.1, 0.15) is 18.4 Å².